The molecule has 0 atom stereocenters. The second kappa shape index (κ2) is 6.02. The fourth-order valence-corrected chi connectivity index (χ4v) is 2.20. The first-order valence-electron chi connectivity index (χ1n) is 6.20. The van der Waals surface area contributed by atoms with Crippen molar-refractivity contribution in [2.45, 2.75) is 20.3 Å². The van der Waals surface area contributed by atoms with Crippen molar-refractivity contribution in [2.24, 2.45) is 0 Å². The molecule has 0 aliphatic heterocycles. The first-order chi connectivity index (χ1) is 9.15. The van der Waals surface area contributed by atoms with E-state index in [1.54, 1.807) is 0 Å². The van der Waals surface area contributed by atoms with Crippen molar-refractivity contribution >= 4 is 21.7 Å². The van der Waals surface area contributed by atoms with Gasteiger partial charge >= 0.3 is 0 Å². The van der Waals surface area contributed by atoms with Gasteiger partial charge in [-0.05, 0) is 53.5 Å². The molecule has 0 saturated carbocycles. The van der Waals surface area contributed by atoms with Crippen LogP contribution in [0.4, 0.5) is 5.82 Å². The van der Waals surface area contributed by atoms with E-state index in [0.29, 0.717) is 18.2 Å². The number of hydrogen-bond acceptors (Lipinski definition) is 4. The lowest BCUT2D eigenvalue weighted by atomic mass is 10.2. The second-order valence-corrected chi connectivity index (χ2v) is 4.80. The van der Waals surface area contributed by atoms with Crippen LogP contribution in [-0.4, -0.2) is 16.6 Å². The van der Waals surface area contributed by atoms with E-state index in [-0.39, 0.29) is 0 Å². The molecule has 1 aromatic heterocycles. The smallest absolute Gasteiger partial charge is 0.161 e. The van der Waals surface area contributed by atoms with E-state index in [1.807, 2.05) is 38.1 Å². The molecule has 19 heavy (non-hydrogen) atoms. The summed E-state index contributed by atoms with van der Waals surface area (Å²) < 4.78 is 6.19. The number of nitrogens with zero attached hydrogens (tertiary/aromatic N) is 2. The normalized spacial score (nSPS) is 10.5. The average Bonchev–Trinajstić information content (AvgIpc) is 2.43. The molecule has 0 radical (unpaired) electrons. The largest absolute Gasteiger partial charge is 0.494 e. The number of anilines is 1. The third kappa shape index (κ3) is 3.04. The number of benzene rings is 1. The maximum absolute atomic E-state index is 5.89. The van der Waals surface area contributed by atoms with Crippen LogP contribution in [0, 0.1) is 0 Å². The van der Waals surface area contributed by atoms with Crippen molar-refractivity contribution in [2.75, 3.05) is 12.3 Å². The molecule has 0 aliphatic rings. The molecule has 5 heteroatoms. The SMILES string of the molecule is CCOc1ccc(-c2nc(N)c(Br)c(CC)n2)cc1. The number of ether oxygens (including phenoxy) is 1. The highest BCUT2D eigenvalue weighted by Crippen LogP contribution is 2.26. The molecule has 1 aromatic carbocycles. The minimum absolute atomic E-state index is 0.468. The van der Waals surface area contributed by atoms with Gasteiger partial charge in [0.25, 0.3) is 0 Å². The van der Waals surface area contributed by atoms with Gasteiger partial charge in [0, 0.05) is 5.56 Å². The van der Waals surface area contributed by atoms with Crippen LogP contribution in [0.25, 0.3) is 11.4 Å². The van der Waals surface area contributed by atoms with Crippen LogP contribution in [0.5, 0.6) is 5.75 Å². The summed E-state index contributed by atoms with van der Waals surface area (Å²) in [5.74, 6) is 1.95. The minimum Gasteiger partial charge on any atom is -0.494 e. The number of nitrogen functional groups attached to an aromatic ring is 1. The maximum Gasteiger partial charge on any atom is 0.161 e. The molecule has 0 amide bonds. The molecular formula is C14H16BrN3O. The average molecular weight is 322 g/mol. The Balaban J connectivity index is 2.38. The lowest BCUT2D eigenvalue weighted by Gasteiger charge is -2.08. The monoisotopic (exact) mass is 321 g/mol. The Hall–Kier alpha value is -1.62. The summed E-state index contributed by atoms with van der Waals surface area (Å²) in [7, 11) is 0. The highest BCUT2D eigenvalue weighted by Gasteiger charge is 2.10. The Morgan fingerprint density at radius 2 is 1.84 bits per heavy atom. The van der Waals surface area contributed by atoms with Gasteiger partial charge in [0.2, 0.25) is 0 Å². The quantitative estimate of drug-likeness (QED) is 0.936. The maximum atomic E-state index is 5.89. The van der Waals surface area contributed by atoms with Crippen LogP contribution in [0.1, 0.15) is 19.5 Å². The predicted octanol–water partition coefficient (Wildman–Crippen LogP) is 3.45. The molecule has 4 nitrogen and oxygen atoms in total. The van der Waals surface area contributed by atoms with Gasteiger partial charge in [-0.2, -0.15) is 0 Å². The van der Waals surface area contributed by atoms with Crippen LogP contribution in [0.2, 0.25) is 0 Å². The first-order valence-corrected chi connectivity index (χ1v) is 7.00. The van der Waals surface area contributed by atoms with E-state index in [4.69, 9.17) is 10.5 Å². The van der Waals surface area contributed by atoms with Gasteiger partial charge in [0.15, 0.2) is 5.82 Å². The van der Waals surface area contributed by atoms with Crippen molar-refractivity contribution in [3.8, 4) is 17.1 Å². The lowest BCUT2D eigenvalue weighted by Crippen LogP contribution is -2.02. The summed E-state index contributed by atoms with van der Waals surface area (Å²) in [4.78, 5) is 8.82. The number of aryl methyl sites for hydroxylation is 1. The molecule has 2 rings (SSSR count). The fraction of sp³-hybridized carbons (Fsp3) is 0.286. The topological polar surface area (TPSA) is 61.0 Å². The van der Waals surface area contributed by atoms with Crippen molar-refractivity contribution in [3.63, 3.8) is 0 Å². The first kappa shape index (κ1) is 13.8. The van der Waals surface area contributed by atoms with Crippen LogP contribution >= 0.6 is 15.9 Å². The molecule has 0 unspecified atom stereocenters. The van der Waals surface area contributed by atoms with Gasteiger partial charge < -0.3 is 10.5 Å². The predicted molar refractivity (Wildman–Crippen MR) is 80.1 cm³/mol. The zero-order valence-corrected chi connectivity index (χ0v) is 12.6. The highest BCUT2D eigenvalue weighted by molar-refractivity contribution is 9.10. The van der Waals surface area contributed by atoms with Crippen LogP contribution in [0.15, 0.2) is 28.7 Å². The van der Waals surface area contributed by atoms with Gasteiger partial charge in [-0.3, -0.25) is 0 Å². The summed E-state index contributed by atoms with van der Waals surface area (Å²) in [5, 5.41) is 0. The van der Waals surface area contributed by atoms with Crippen LogP contribution < -0.4 is 10.5 Å². The molecule has 0 fully saturated rings. The molecule has 0 aliphatic carbocycles. The number of aromatic nitrogens is 2. The van der Waals surface area contributed by atoms with Gasteiger partial charge in [0.05, 0.1) is 16.8 Å². The molecule has 0 saturated heterocycles. The minimum atomic E-state index is 0.468. The van der Waals surface area contributed by atoms with Crippen molar-refractivity contribution in [1.82, 2.24) is 9.97 Å². The van der Waals surface area contributed by atoms with Crippen LogP contribution in [0.3, 0.4) is 0 Å². The molecule has 0 spiro atoms. The molecule has 2 aromatic rings. The van der Waals surface area contributed by atoms with Crippen LogP contribution in [-0.2, 0) is 6.42 Å². The molecule has 1 heterocycles. The third-order valence-electron chi connectivity index (χ3n) is 2.70. The Labute approximate surface area is 121 Å². The molecule has 2 N–H and O–H groups in total. The van der Waals surface area contributed by atoms with E-state index in [1.165, 1.54) is 0 Å². The second-order valence-electron chi connectivity index (χ2n) is 4.00. The number of nitrogens with two attached hydrogens (primary N) is 1. The summed E-state index contributed by atoms with van der Waals surface area (Å²) in [6.07, 6.45) is 0.803. The van der Waals surface area contributed by atoms with E-state index in [9.17, 15) is 0 Å². The van der Waals surface area contributed by atoms with E-state index < -0.39 is 0 Å². The van der Waals surface area contributed by atoms with Gasteiger partial charge in [0.1, 0.15) is 11.6 Å². The van der Waals surface area contributed by atoms with Crippen molar-refractivity contribution in [1.29, 1.82) is 0 Å². The third-order valence-corrected chi connectivity index (χ3v) is 3.57. The van der Waals surface area contributed by atoms with E-state index >= 15 is 0 Å². The van der Waals surface area contributed by atoms with Gasteiger partial charge in [-0.1, -0.05) is 6.92 Å². The lowest BCUT2D eigenvalue weighted by molar-refractivity contribution is 0.340. The van der Waals surface area contributed by atoms with E-state index in [0.717, 1.165) is 27.9 Å². The summed E-state index contributed by atoms with van der Waals surface area (Å²) in [6.45, 7) is 4.65. The zero-order chi connectivity index (χ0) is 13.8. The summed E-state index contributed by atoms with van der Waals surface area (Å²) in [6, 6.07) is 7.69. The molecule has 0 bridgehead atoms. The molecule has 100 valence electrons. The Morgan fingerprint density at radius 3 is 2.42 bits per heavy atom. The van der Waals surface area contributed by atoms with Gasteiger partial charge in [-0.25, -0.2) is 9.97 Å². The number of hydrogen-bond donors (Lipinski definition) is 1. The van der Waals surface area contributed by atoms with Crippen molar-refractivity contribution in [3.05, 3.63) is 34.4 Å². The number of rotatable bonds is 4. The Kier molecular flexibility index (Phi) is 4.37. The van der Waals surface area contributed by atoms with Gasteiger partial charge in [-0.15, -0.1) is 0 Å². The fourth-order valence-electron chi connectivity index (χ4n) is 1.74. The van der Waals surface area contributed by atoms with Crippen molar-refractivity contribution < 1.29 is 4.74 Å². The zero-order valence-electron chi connectivity index (χ0n) is 11.0. The number of halogens is 1. The molecular weight excluding hydrogens is 306 g/mol. The van der Waals surface area contributed by atoms with E-state index in [2.05, 4.69) is 25.9 Å². The highest BCUT2D eigenvalue weighted by atomic mass is 79.9. The summed E-state index contributed by atoms with van der Waals surface area (Å²) in [5.41, 5.74) is 7.73. The summed E-state index contributed by atoms with van der Waals surface area (Å²) >= 11 is 3.41. The Morgan fingerprint density at radius 1 is 1.16 bits per heavy atom. The standard InChI is InChI=1S/C14H16BrN3O/c1-3-11-12(15)13(16)18-14(17-11)9-5-7-10(8-6-9)19-4-2/h5-8H,3-4H2,1-2H3,(H2,16,17,18). The Bertz CT molecular complexity index is 570.